The van der Waals surface area contributed by atoms with Crippen molar-refractivity contribution in [2.24, 2.45) is 0 Å². The summed E-state index contributed by atoms with van der Waals surface area (Å²) < 4.78 is 5.33. The molecule has 24 heavy (non-hydrogen) atoms. The predicted molar refractivity (Wildman–Crippen MR) is 89.6 cm³/mol. The number of hydrogen-bond acceptors (Lipinski definition) is 4. The number of aryl methyl sites for hydroxylation is 3. The molecule has 0 bridgehead atoms. The molecule has 8 heteroatoms. The van der Waals surface area contributed by atoms with E-state index in [-0.39, 0.29) is 12.5 Å². The van der Waals surface area contributed by atoms with E-state index in [4.69, 9.17) is 0 Å². The molecule has 0 atom stereocenters. The SMILES string of the molecule is CCn1cc(Cn2cc(NC(=O)Cn3nc(C)cc3C)cn2)cn1. The number of anilines is 1. The van der Waals surface area contributed by atoms with E-state index >= 15 is 0 Å². The molecular weight excluding hydrogens is 306 g/mol. The molecule has 126 valence electrons. The first-order valence-electron chi connectivity index (χ1n) is 7.88. The molecular formula is C16H21N7O. The zero-order valence-electron chi connectivity index (χ0n) is 14.1. The van der Waals surface area contributed by atoms with Gasteiger partial charge in [-0.05, 0) is 26.8 Å². The maximum Gasteiger partial charge on any atom is 0.246 e. The van der Waals surface area contributed by atoms with Crippen molar-refractivity contribution in [3.05, 3.63) is 47.8 Å². The second-order valence-corrected chi connectivity index (χ2v) is 5.76. The second-order valence-electron chi connectivity index (χ2n) is 5.76. The normalized spacial score (nSPS) is 11.0. The molecule has 0 aliphatic heterocycles. The van der Waals surface area contributed by atoms with Crippen LogP contribution in [0.3, 0.4) is 0 Å². The van der Waals surface area contributed by atoms with Gasteiger partial charge in [-0.3, -0.25) is 18.8 Å². The third-order valence-electron chi connectivity index (χ3n) is 3.67. The van der Waals surface area contributed by atoms with Crippen molar-refractivity contribution >= 4 is 11.6 Å². The van der Waals surface area contributed by atoms with Crippen LogP contribution in [0.5, 0.6) is 0 Å². The van der Waals surface area contributed by atoms with Gasteiger partial charge in [0.15, 0.2) is 0 Å². The van der Waals surface area contributed by atoms with Gasteiger partial charge in [-0.25, -0.2) is 0 Å². The zero-order chi connectivity index (χ0) is 17.1. The number of carbonyl (C=O) groups excluding carboxylic acids is 1. The fourth-order valence-electron chi connectivity index (χ4n) is 2.53. The topological polar surface area (TPSA) is 82.6 Å². The Morgan fingerprint density at radius 2 is 1.96 bits per heavy atom. The van der Waals surface area contributed by atoms with Crippen LogP contribution in [0.2, 0.25) is 0 Å². The quantitative estimate of drug-likeness (QED) is 0.745. The largest absolute Gasteiger partial charge is 0.322 e. The van der Waals surface area contributed by atoms with Gasteiger partial charge in [0.1, 0.15) is 6.54 Å². The molecule has 0 saturated carbocycles. The van der Waals surface area contributed by atoms with Gasteiger partial charge in [0.05, 0.1) is 30.3 Å². The molecule has 1 N–H and O–H groups in total. The lowest BCUT2D eigenvalue weighted by Crippen LogP contribution is -2.20. The van der Waals surface area contributed by atoms with Crippen LogP contribution in [0.15, 0.2) is 30.9 Å². The summed E-state index contributed by atoms with van der Waals surface area (Å²) in [5.41, 5.74) is 3.61. The molecule has 0 aromatic carbocycles. The van der Waals surface area contributed by atoms with Gasteiger partial charge >= 0.3 is 0 Å². The lowest BCUT2D eigenvalue weighted by Gasteiger charge is -2.04. The van der Waals surface area contributed by atoms with Crippen molar-refractivity contribution < 1.29 is 4.79 Å². The third kappa shape index (κ3) is 3.70. The molecule has 0 aliphatic rings. The molecule has 0 saturated heterocycles. The van der Waals surface area contributed by atoms with Crippen LogP contribution >= 0.6 is 0 Å². The average molecular weight is 327 g/mol. The van der Waals surface area contributed by atoms with Gasteiger partial charge in [0.2, 0.25) is 5.91 Å². The first kappa shape index (κ1) is 16.0. The lowest BCUT2D eigenvalue weighted by atomic mass is 10.4. The Morgan fingerprint density at radius 1 is 1.17 bits per heavy atom. The van der Waals surface area contributed by atoms with Crippen molar-refractivity contribution in [1.82, 2.24) is 29.3 Å². The summed E-state index contributed by atoms with van der Waals surface area (Å²) in [7, 11) is 0. The highest BCUT2D eigenvalue weighted by Crippen LogP contribution is 2.09. The predicted octanol–water partition coefficient (Wildman–Crippen LogP) is 1.60. The van der Waals surface area contributed by atoms with Gasteiger partial charge in [-0.15, -0.1) is 0 Å². The smallest absolute Gasteiger partial charge is 0.246 e. The number of amides is 1. The maximum atomic E-state index is 12.1. The molecule has 0 radical (unpaired) electrons. The van der Waals surface area contributed by atoms with Crippen LogP contribution in [0.4, 0.5) is 5.69 Å². The Kier molecular flexibility index (Phi) is 4.45. The highest BCUT2D eigenvalue weighted by molar-refractivity contribution is 5.90. The van der Waals surface area contributed by atoms with E-state index in [2.05, 4.69) is 20.6 Å². The minimum absolute atomic E-state index is 0.125. The molecule has 3 aromatic rings. The fraction of sp³-hybridized carbons (Fsp3) is 0.375. The van der Waals surface area contributed by atoms with Gasteiger partial charge < -0.3 is 5.32 Å². The highest BCUT2D eigenvalue weighted by atomic mass is 16.2. The number of aromatic nitrogens is 6. The van der Waals surface area contributed by atoms with Crippen molar-refractivity contribution in [3.63, 3.8) is 0 Å². The summed E-state index contributed by atoms with van der Waals surface area (Å²) in [6.07, 6.45) is 7.26. The van der Waals surface area contributed by atoms with E-state index in [0.29, 0.717) is 12.2 Å². The van der Waals surface area contributed by atoms with Crippen LogP contribution in [0, 0.1) is 13.8 Å². The number of nitrogens with zero attached hydrogens (tertiary/aromatic N) is 6. The number of carbonyl (C=O) groups is 1. The minimum Gasteiger partial charge on any atom is -0.322 e. The van der Waals surface area contributed by atoms with Gasteiger partial charge in [-0.1, -0.05) is 0 Å². The lowest BCUT2D eigenvalue weighted by molar-refractivity contribution is -0.116. The van der Waals surface area contributed by atoms with E-state index in [1.165, 1.54) is 0 Å². The third-order valence-corrected chi connectivity index (χ3v) is 3.67. The molecule has 1 amide bonds. The molecule has 0 unspecified atom stereocenters. The molecule has 3 rings (SSSR count). The zero-order valence-corrected chi connectivity index (χ0v) is 14.1. The summed E-state index contributed by atoms with van der Waals surface area (Å²) >= 11 is 0. The Morgan fingerprint density at radius 3 is 2.62 bits per heavy atom. The molecule has 3 heterocycles. The minimum atomic E-state index is -0.125. The molecule has 0 aliphatic carbocycles. The number of nitrogens with one attached hydrogen (secondary N) is 1. The van der Waals surface area contributed by atoms with Crippen molar-refractivity contribution in [2.75, 3.05) is 5.32 Å². The van der Waals surface area contributed by atoms with Crippen LogP contribution in [0.25, 0.3) is 0 Å². The first-order valence-corrected chi connectivity index (χ1v) is 7.88. The van der Waals surface area contributed by atoms with Crippen LogP contribution in [-0.2, 0) is 24.4 Å². The van der Waals surface area contributed by atoms with E-state index < -0.39 is 0 Å². The van der Waals surface area contributed by atoms with E-state index in [1.807, 2.05) is 50.1 Å². The van der Waals surface area contributed by atoms with Gasteiger partial charge in [-0.2, -0.15) is 15.3 Å². The van der Waals surface area contributed by atoms with Gasteiger partial charge in [0.25, 0.3) is 0 Å². The van der Waals surface area contributed by atoms with Gasteiger partial charge in [0, 0.05) is 30.2 Å². The van der Waals surface area contributed by atoms with E-state index in [1.54, 1.807) is 15.6 Å². The van der Waals surface area contributed by atoms with E-state index in [0.717, 1.165) is 23.5 Å². The first-order chi connectivity index (χ1) is 11.5. The Labute approximate surface area is 140 Å². The highest BCUT2D eigenvalue weighted by Gasteiger charge is 2.09. The summed E-state index contributed by atoms with van der Waals surface area (Å²) in [5.74, 6) is -0.125. The van der Waals surface area contributed by atoms with Crippen LogP contribution in [-0.4, -0.2) is 35.2 Å². The Bertz CT molecular complexity index is 842. The van der Waals surface area contributed by atoms with Crippen molar-refractivity contribution in [1.29, 1.82) is 0 Å². The summed E-state index contributed by atoms with van der Waals surface area (Å²) in [4.78, 5) is 12.1. The average Bonchev–Trinajstić information content (AvgIpc) is 3.22. The molecule has 0 fully saturated rings. The summed E-state index contributed by atoms with van der Waals surface area (Å²) in [5, 5.41) is 15.6. The molecule has 3 aromatic heterocycles. The standard InChI is InChI=1S/C16H21N7O/c1-4-21-8-14(6-17-21)9-22-10-15(7-18-22)19-16(24)11-23-13(3)5-12(2)20-23/h5-8,10H,4,9,11H2,1-3H3,(H,19,24). The molecule has 0 spiro atoms. The summed E-state index contributed by atoms with van der Waals surface area (Å²) in [6, 6.07) is 1.95. The Balaban J connectivity index is 1.59. The van der Waals surface area contributed by atoms with Crippen LogP contribution in [0.1, 0.15) is 23.9 Å². The van der Waals surface area contributed by atoms with Crippen molar-refractivity contribution in [2.45, 2.75) is 40.4 Å². The Hall–Kier alpha value is -2.90. The number of rotatable bonds is 6. The monoisotopic (exact) mass is 327 g/mol. The number of hydrogen-bond donors (Lipinski definition) is 1. The molecule has 8 nitrogen and oxygen atoms in total. The summed E-state index contributed by atoms with van der Waals surface area (Å²) in [6.45, 7) is 7.53. The second kappa shape index (κ2) is 6.69. The van der Waals surface area contributed by atoms with E-state index in [9.17, 15) is 4.79 Å². The van der Waals surface area contributed by atoms with Crippen LogP contribution < -0.4 is 5.32 Å². The maximum absolute atomic E-state index is 12.1. The van der Waals surface area contributed by atoms with Crippen molar-refractivity contribution in [3.8, 4) is 0 Å². The fourth-order valence-corrected chi connectivity index (χ4v) is 2.53.